The van der Waals surface area contributed by atoms with Gasteiger partial charge >= 0.3 is 0 Å². The third kappa shape index (κ3) is 3.34. The second kappa shape index (κ2) is 5.65. The zero-order chi connectivity index (χ0) is 12.1. The molecular weight excluding hydrogens is 204 g/mol. The fourth-order valence-corrected chi connectivity index (χ4v) is 1.23. The monoisotopic (exact) mass is 224 g/mol. The van der Waals surface area contributed by atoms with Crippen LogP contribution in [-0.4, -0.2) is 28.3 Å². The lowest BCUT2D eigenvalue weighted by molar-refractivity contribution is -0.124. The molecule has 1 aromatic heterocycles. The van der Waals surface area contributed by atoms with E-state index >= 15 is 0 Å². The third-order valence-electron chi connectivity index (χ3n) is 2.67. The van der Waals surface area contributed by atoms with Crippen molar-refractivity contribution in [2.75, 3.05) is 6.54 Å². The molecule has 0 saturated heterocycles. The van der Waals surface area contributed by atoms with Crippen molar-refractivity contribution in [3.8, 4) is 0 Å². The first-order valence-corrected chi connectivity index (χ1v) is 5.54. The fourth-order valence-electron chi connectivity index (χ4n) is 1.23. The van der Waals surface area contributed by atoms with E-state index in [0.717, 1.165) is 0 Å². The Kier molecular flexibility index (Phi) is 4.49. The first-order valence-electron chi connectivity index (χ1n) is 5.54. The van der Waals surface area contributed by atoms with E-state index in [4.69, 9.17) is 5.73 Å². The molecule has 1 heterocycles. The van der Waals surface area contributed by atoms with E-state index in [1.165, 1.54) is 0 Å². The summed E-state index contributed by atoms with van der Waals surface area (Å²) in [6.07, 6.45) is 3.43. The largest absolute Gasteiger partial charge is 0.353 e. The second-order valence-electron chi connectivity index (χ2n) is 4.32. The van der Waals surface area contributed by atoms with Crippen LogP contribution in [0.1, 0.15) is 26.8 Å². The first kappa shape index (κ1) is 12.7. The predicted octanol–water partition coefficient (Wildman–Crippen LogP) is 0.544. The van der Waals surface area contributed by atoms with Gasteiger partial charge in [-0.1, -0.05) is 13.8 Å². The molecule has 0 aliphatic carbocycles. The van der Waals surface area contributed by atoms with E-state index in [0.29, 0.717) is 12.5 Å². The third-order valence-corrected chi connectivity index (χ3v) is 2.67. The lowest BCUT2D eigenvalue weighted by Crippen LogP contribution is -2.42. The van der Waals surface area contributed by atoms with Crippen LogP contribution < -0.4 is 11.1 Å². The van der Waals surface area contributed by atoms with Crippen LogP contribution in [0.2, 0.25) is 0 Å². The van der Waals surface area contributed by atoms with E-state index in [2.05, 4.69) is 10.4 Å². The highest BCUT2D eigenvalue weighted by Gasteiger charge is 2.16. The van der Waals surface area contributed by atoms with Crippen molar-refractivity contribution in [3.05, 3.63) is 18.5 Å². The molecule has 0 radical (unpaired) electrons. The number of nitrogens with zero attached hydrogens (tertiary/aromatic N) is 2. The van der Waals surface area contributed by atoms with Crippen LogP contribution >= 0.6 is 0 Å². The summed E-state index contributed by atoms with van der Waals surface area (Å²) in [5, 5.41) is 6.85. The molecule has 2 atom stereocenters. The van der Waals surface area contributed by atoms with Crippen LogP contribution in [-0.2, 0) is 4.79 Å². The van der Waals surface area contributed by atoms with Gasteiger partial charge in [0.05, 0.1) is 0 Å². The highest BCUT2D eigenvalue weighted by Crippen LogP contribution is 2.03. The molecule has 90 valence electrons. The van der Waals surface area contributed by atoms with Crippen molar-refractivity contribution in [3.63, 3.8) is 0 Å². The van der Waals surface area contributed by atoms with Crippen LogP contribution in [0.25, 0.3) is 0 Å². The van der Waals surface area contributed by atoms with Crippen molar-refractivity contribution in [1.29, 1.82) is 0 Å². The van der Waals surface area contributed by atoms with Gasteiger partial charge in [0.25, 0.3) is 0 Å². The average Bonchev–Trinajstić information content (AvgIpc) is 2.77. The van der Waals surface area contributed by atoms with E-state index in [-0.39, 0.29) is 18.0 Å². The molecule has 3 N–H and O–H groups in total. The smallest absolute Gasteiger partial charge is 0.244 e. The van der Waals surface area contributed by atoms with Gasteiger partial charge in [0.15, 0.2) is 0 Å². The van der Waals surface area contributed by atoms with Gasteiger partial charge in [0.2, 0.25) is 5.91 Å². The summed E-state index contributed by atoms with van der Waals surface area (Å²) >= 11 is 0. The summed E-state index contributed by atoms with van der Waals surface area (Å²) in [5.74, 6) is 0.306. The standard InChI is InChI=1S/C11H20N4O/c1-8(2)10(12)7-13-11(16)9(3)15-6-4-5-14-15/h4-6,8-10H,7,12H2,1-3H3,(H,13,16). The van der Waals surface area contributed by atoms with Gasteiger partial charge in [0, 0.05) is 25.0 Å². The molecule has 5 heteroatoms. The Bertz CT molecular complexity index is 321. The predicted molar refractivity (Wildman–Crippen MR) is 62.8 cm³/mol. The Morgan fingerprint density at radius 1 is 1.50 bits per heavy atom. The number of nitrogens with two attached hydrogens (primary N) is 1. The Balaban J connectivity index is 2.41. The van der Waals surface area contributed by atoms with Gasteiger partial charge in [0.1, 0.15) is 6.04 Å². The van der Waals surface area contributed by atoms with Gasteiger partial charge in [-0.3, -0.25) is 9.48 Å². The van der Waals surface area contributed by atoms with E-state index in [9.17, 15) is 4.79 Å². The summed E-state index contributed by atoms with van der Waals surface area (Å²) in [6.45, 7) is 6.38. The number of nitrogens with one attached hydrogen (secondary N) is 1. The summed E-state index contributed by atoms with van der Waals surface area (Å²) < 4.78 is 1.62. The minimum atomic E-state index is -0.297. The van der Waals surface area contributed by atoms with Gasteiger partial charge < -0.3 is 11.1 Å². The molecule has 0 aliphatic rings. The molecule has 0 fully saturated rings. The van der Waals surface area contributed by atoms with Crippen LogP contribution in [0, 0.1) is 5.92 Å². The lowest BCUT2D eigenvalue weighted by atomic mass is 10.1. The molecule has 5 nitrogen and oxygen atoms in total. The summed E-state index contributed by atoms with van der Waals surface area (Å²) in [7, 11) is 0. The molecule has 0 saturated carbocycles. The normalized spacial score (nSPS) is 14.8. The molecule has 2 unspecified atom stereocenters. The molecule has 0 aromatic carbocycles. The minimum Gasteiger partial charge on any atom is -0.353 e. The Morgan fingerprint density at radius 3 is 2.69 bits per heavy atom. The molecule has 1 aromatic rings. The number of rotatable bonds is 5. The fraction of sp³-hybridized carbons (Fsp3) is 0.636. The van der Waals surface area contributed by atoms with Crippen molar-refractivity contribution in [1.82, 2.24) is 15.1 Å². The van der Waals surface area contributed by atoms with Crippen LogP contribution in [0.3, 0.4) is 0 Å². The molecule has 0 bridgehead atoms. The van der Waals surface area contributed by atoms with Gasteiger partial charge in [-0.15, -0.1) is 0 Å². The maximum atomic E-state index is 11.7. The maximum absolute atomic E-state index is 11.7. The summed E-state index contributed by atoms with van der Waals surface area (Å²) in [4.78, 5) is 11.7. The number of aromatic nitrogens is 2. The van der Waals surface area contributed by atoms with Crippen molar-refractivity contribution < 1.29 is 4.79 Å². The molecule has 0 spiro atoms. The summed E-state index contributed by atoms with van der Waals surface area (Å²) in [6, 6.07) is 1.49. The van der Waals surface area contributed by atoms with Crippen molar-refractivity contribution >= 4 is 5.91 Å². The Morgan fingerprint density at radius 2 is 2.19 bits per heavy atom. The number of amides is 1. The van der Waals surface area contributed by atoms with E-state index in [1.807, 2.05) is 20.8 Å². The quantitative estimate of drug-likeness (QED) is 0.767. The first-order chi connectivity index (χ1) is 7.52. The number of hydrogen-bond donors (Lipinski definition) is 2. The average molecular weight is 224 g/mol. The van der Waals surface area contributed by atoms with E-state index < -0.39 is 0 Å². The Hall–Kier alpha value is -1.36. The number of carbonyl (C=O) groups is 1. The van der Waals surface area contributed by atoms with Crippen LogP contribution in [0.4, 0.5) is 0 Å². The van der Waals surface area contributed by atoms with Crippen LogP contribution in [0.15, 0.2) is 18.5 Å². The van der Waals surface area contributed by atoms with Gasteiger partial charge in [-0.05, 0) is 18.9 Å². The zero-order valence-corrected chi connectivity index (χ0v) is 10.1. The number of hydrogen-bond acceptors (Lipinski definition) is 3. The van der Waals surface area contributed by atoms with Crippen molar-refractivity contribution in [2.24, 2.45) is 11.7 Å². The summed E-state index contributed by atoms with van der Waals surface area (Å²) in [5.41, 5.74) is 5.85. The van der Waals surface area contributed by atoms with Gasteiger partial charge in [-0.2, -0.15) is 5.10 Å². The van der Waals surface area contributed by atoms with E-state index in [1.54, 1.807) is 23.1 Å². The minimum absolute atomic E-state index is 0.00577. The second-order valence-corrected chi connectivity index (χ2v) is 4.32. The number of carbonyl (C=O) groups excluding carboxylic acids is 1. The molecule has 1 amide bonds. The highest BCUT2D eigenvalue weighted by molar-refractivity contribution is 5.79. The topological polar surface area (TPSA) is 72.9 Å². The molecule has 1 rings (SSSR count). The lowest BCUT2D eigenvalue weighted by Gasteiger charge is -2.18. The zero-order valence-electron chi connectivity index (χ0n) is 10.1. The maximum Gasteiger partial charge on any atom is 0.244 e. The molecule has 0 aliphatic heterocycles. The molecular formula is C11H20N4O. The SMILES string of the molecule is CC(C)C(N)CNC(=O)C(C)n1cccn1. The van der Waals surface area contributed by atoms with Gasteiger partial charge in [-0.25, -0.2) is 0 Å². The van der Waals surface area contributed by atoms with Crippen LogP contribution in [0.5, 0.6) is 0 Å². The van der Waals surface area contributed by atoms with Crippen molar-refractivity contribution in [2.45, 2.75) is 32.9 Å². The highest BCUT2D eigenvalue weighted by atomic mass is 16.2. The Labute approximate surface area is 96.0 Å². The molecule has 16 heavy (non-hydrogen) atoms.